The maximum Gasteiger partial charge on any atom is 0.133 e. The number of nitrogens with zero attached hydrogens (tertiary/aromatic N) is 2. The molecule has 17 heavy (non-hydrogen) atoms. The van der Waals surface area contributed by atoms with Gasteiger partial charge >= 0.3 is 0 Å². The van der Waals surface area contributed by atoms with Gasteiger partial charge in [0.05, 0.1) is 0 Å². The minimum absolute atomic E-state index is 0.572. The number of hydrogen-bond acceptors (Lipinski definition) is 3. The van der Waals surface area contributed by atoms with E-state index in [2.05, 4.69) is 29.8 Å². The first-order valence-electron chi connectivity index (χ1n) is 6.53. The molecule has 1 aliphatic rings. The van der Waals surface area contributed by atoms with Crippen LogP contribution < -0.4 is 10.6 Å². The van der Waals surface area contributed by atoms with Crippen molar-refractivity contribution in [1.82, 2.24) is 4.98 Å². The number of anilines is 1. The predicted molar refractivity (Wildman–Crippen MR) is 72.0 cm³/mol. The lowest BCUT2D eigenvalue weighted by molar-refractivity contribution is 0.322. The van der Waals surface area contributed by atoms with Crippen LogP contribution in [0.15, 0.2) is 12.1 Å². The zero-order valence-corrected chi connectivity index (χ0v) is 11.1. The molecule has 2 heterocycles. The van der Waals surface area contributed by atoms with Crippen molar-refractivity contribution in [1.29, 1.82) is 0 Å². The van der Waals surface area contributed by atoms with Crippen LogP contribution in [0.3, 0.4) is 0 Å². The zero-order chi connectivity index (χ0) is 12.4. The van der Waals surface area contributed by atoms with Crippen LogP contribution in [0.5, 0.6) is 0 Å². The Morgan fingerprint density at radius 3 is 2.76 bits per heavy atom. The van der Waals surface area contributed by atoms with Gasteiger partial charge in [-0.15, -0.1) is 0 Å². The molecule has 0 saturated carbocycles. The van der Waals surface area contributed by atoms with E-state index in [4.69, 9.17) is 5.73 Å². The third kappa shape index (κ3) is 2.60. The summed E-state index contributed by atoms with van der Waals surface area (Å²) in [6.07, 6.45) is 1.25. The molecule has 2 N–H and O–H groups in total. The highest BCUT2D eigenvalue weighted by Crippen LogP contribution is 2.28. The van der Waals surface area contributed by atoms with Crippen molar-refractivity contribution in [2.45, 2.75) is 33.7 Å². The molecule has 0 bridgehead atoms. The molecule has 1 aromatic heterocycles. The van der Waals surface area contributed by atoms with Gasteiger partial charge in [-0.2, -0.15) is 0 Å². The van der Waals surface area contributed by atoms with Crippen LogP contribution >= 0.6 is 0 Å². The van der Waals surface area contributed by atoms with Gasteiger partial charge < -0.3 is 10.6 Å². The number of aromatic nitrogens is 1. The molecule has 0 aliphatic carbocycles. The van der Waals surface area contributed by atoms with Gasteiger partial charge in [0, 0.05) is 30.9 Å². The first-order valence-corrected chi connectivity index (χ1v) is 6.53. The van der Waals surface area contributed by atoms with Crippen LogP contribution in [0.1, 0.15) is 31.5 Å². The average Bonchev–Trinajstić information content (AvgIpc) is 2.32. The number of hydrogen-bond donors (Lipinski definition) is 1. The molecule has 1 aliphatic heterocycles. The topological polar surface area (TPSA) is 42.1 Å². The van der Waals surface area contributed by atoms with E-state index in [-0.39, 0.29) is 0 Å². The molecule has 0 spiro atoms. The molecule has 3 heteroatoms. The lowest BCUT2D eigenvalue weighted by Crippen LogP contribution is -2.39. The van der Waals surface area contributed by atoms with Crippen molar-refractivity contribution in [3.63, 3.8) is 0 Å². The highest BCUT2D eigenvalue weighted by molar-refractivity contribution is 5.48. The largest absolute Gasteiger partial charge is 0.356 e. The summed E-state index contributed by atoms with van der Waals surface area (Å²) in [5, 5.41) is 0. The Labute approximate surface area is 104 Å². The van der Waals surface area contributed by atoms with Crippen molar-refractivity contribution in [3.05, 3.63) is 23.4 Å². The minimum Gasteiger partial charge on any atom is -0.356 e. The number of piperidine rings is 1. The van der Waals surface area contributed by atoms with Crippen molar-refractivity contribution in [2.75, 3.05) is 18.0 Å². The summed E-state index contributed by atoms with van der Waals surface area (Å²) in [5.74, 6) is 2.65. The fourth-order valence-electron chi connectivity index (χ4n) is 2.46. The molecule has 0 radical (unpaired) electrons. The second-order valence-corrected chi connectivity index (χ2v) is 5.33. The van der Waals surface area contributed by atoms with E-state index in [0.717, 1.165) is 42.0 Å². The Kier molecular flexibility index (Phi) is 3.67. The maximum atomic E-state index is 5.80. The molecular weight excluding hydrogens is 210 g/mol. The highest BCUT2D eigenvalue weighted by Gasteiger charge is 2.24. The summed E-state index contributed by atoms with van der Waals surface area (Å²) in [6, 6.07) is 4.15. The van der Waals surface area contributed by atoms with Crippen LogP contribution in [0.25, 0.3) is 0 Å². The van der Waals surface area contributed by atoms with Crippen molar-refractivity contribution in [3.8, 4) is 0 Å². The van der Waals surface area contributed by atoms with Gasteiger partial charge in [-0.25, -0.2) is 4.98 Å². The van der Waals surface area contributed by atoms with E-state index in [1.165, 1.54) is 6.42 Å². The Morgan fingerprint density at radius 2 is 2.12 bits per heavy atom. The Morgan fingerprint density at radius 1 is 1.35 bits per heavy atom. The molecular formula is C14H23N3. The molecule has 94 valence electrons. The second kappa shape index (κ2) is 5.05. The Balaban J connectivity index is 2.24. The molecule has 1 fully saturated rings. The fraction of sp³-hybridized carbons (Fsp3) is 0.643. The SMILES string of the molecule is Cc1ccc(CN)c(N2CCC(C)C(C)C2)n1. The van der Waals surface area contributed by atoms with Crippen molar-refractivity contribution < 1.29 is 0 Å². The summed E-state index contributed by atoms with van der Waals surface area (Å²) in [5.41, 5.74) is 8.04. The van der Waals surface area contributed by atoms with E-state index < -0.39 is 0 Å². The zero-order valence-electron chi connectivity index (χ0n) is 11.1. The summed E-state index contributed by atoms with van der Waals surface area (Å²) in [7, 11) is 0. The Bertz CT molecular complexity index is 389. The summed E-state index contributed by atoms with van der Waals surface area (Å²) in [6.45, 7) is 9.49. The third-order valence-corrected chi connectivity index (χ3v) is 3.95. The predicted octanol–water partition coefficient (Wildman–Crippen LogP) is 2.33. The smallest absolute Gasteiger partial charge is 0.133 e. The molecule has 2 atom stereocenters. The maximum absolute atomic E-state index is 5.80. The van der Waals surface area contributed by atoms with E-state index in [0.29, 0.717) is 6.54 Å². The fourth-order valence-corrected chi connectivity index (χ4v) is 2.46. The van der Waals surface area contributed by atoms with Crippen LogP contribution in [0, 0.1) is 18.8 Å². The molecule has 0 aromatic carbocycles. The molecule has 2 rings (SSSR count). The summed E-state index contributed by atoms with van der Waals surface area (Å²) in [4.78, 5) is 7.08. The van der Waals surface area contributed by atoms with Gasteiger partial charge in [0.1, 0.15) is 5.82 Å². The Hall–Kier alpha value is -1.09. The van der Waals surface area contributed by atoms with Gasteiger partial charge in [0.2, 0.25) is 0 Å². The van der Waals surface area contributed by atoms with Crippen LogP contribution in [-0.4, -0.2) is 18.1 Å². The quantitative estimate of drug-likeness (QED) is 0.852. The van der Waals surface area contributed by atoms with E-state index in [9.17, 15) is 0 Å². The molecule has 1 aromatic rings. The normalized spacial score (nSPS) is 25.1. The summed E-state index contributed by atoms with van der Waals surface area (Å²) < 4.78 is 0. The lowest BCUT2D eigenvalue weighted by atomic mass is 9.88. The number of aryl methyl sites for hydroxylation is 1. The number of rotatable bonds is 2. The monoisotopic (exact) mass is 233 g/mol. The van der Waals surface area contributed by atoms with Crippen molar-refractivity contribution in [2.24, 2.45) is 17.6 Å². The minimum atomic E-state index is 0.572. The van der Waals surface area contributed by atoms with E-state index in [1.54, 1.807) is 0 Å². The van der Waals surface area contributed by atoms with E-state index in [1.807, 2.05) is 13.0 Å². The van der Waals surface area contributed by atoms with Gasteiger partial charge in [-0.1, -0.05) is 19.9 Å². The lowest BCUT2D eigenvalue weighted by Gasteiger charge is -2.37. The number of nitrogens with two attached hydrogens (primary N) is 1. The second-order valence-electron chi connectivity index (χ2n) is 5.33. The van der Waals surface area contributed by atoms with Crippen molar-refractivity contribution >= 4 is 5.82 Å². The van der Waals surface area contributed by atoms with Crippen LogP contribution in [-0.2, 0) is 6.54 Å². The standard InChI is InChI=1S/C14H23N3/c1-10-6-7-17(9-11(10)2)14-13(8-15)5-4-12(3)16-14/h4-5,10-11H,6-9,15H2,1-3H3. The van der Waals surface area contributed by atoms with E-state index >= 15 is 0 Å². The highest BCUT2D eigenvalue weighted by atomic mass is 15.2. The van der Waals surface area contributed by atoms with Gasteiger partial charge in [0.25, 0.3) is 0 Å². The summed E-state index contributed by atoms with van der Waals surface area (Å²) >= 11 is 0. The molecule has 3 nitrogen and oxygen atoms in total. The molecule has 2 unspecified atom stereocenters. The van der Waals surface area contributed by atoms with Gasteiger partial charge in [-0.3, -0.25) is 0 Å². The third-order valence-electron chi connectivity index (χ3n) is 3.95. The average molecular weight is 233 g/mol. The van der Waals surface area contributed by atoms with Crippen LogP contribution in [0.2, 0.25) is 0 Å². The van der Waals surface area contributed by atoms with Gasteiger partial charge in [-0.05, 0) is 31.2 Å². The molecule has 1 saturated heterocycles. The van der Waals surface area contributed by atoms with Gasteiger partial charge in [0.15, 0.2) is 0 Å². The van der Waals surface area contributed by atoms with Crippen LogP contribution in [0.4, 0.5) is 5.82 Å². The number of pyridine rings is 1. The molecule has 0 amide bonds. The first kappa shape index (κ1) is 12.4. The first-order chi connectivity index (χ1) is 8.11.